The standard InChI is InChI=1S/C12H24N2O3/c1-17-10(7-13)6-12(16)14-8-9-4-2-3-5-11(9)15/h9-11,15H,2-8,13H2,1H3,(H,14,16). The summed E-state index contributed by atoms with van der Waals surface area (Å²) in [5.41, 5.74) is 5.45. The molecule has 1 aliphatic carbocycles. The molecule has 1 saturated carbocycles. The number of nitrogens with one attached hydrogen (secondary N) is 1. The Morgan fingerprint density at radius 1 is 1.53 bits per heavy atom. The van der Waals surface area contributed by atoms with Crippen molar-refractivity contribution >= 4 is 5.91 Å². The van der Waals surface area contributed by atoms with Gasteiger partial charge in [0.05, 0.1) is 18.6 Å². The maximum Gasteiger partial charge on any atom is 0.222 e. The van der Waals surface area contributed by atoms with Crippen molar-refractivity contribution in [3.63, 3.8) is 0 Å². The Morgan fingerprint density at radius 3 is 2.82 bits per heavy atom. The number of amides is 1. The van der Waals surface area contributed by atoms with E-state index in [9.17, 15) is 9.90 Å². The summed E-state index contributed by atoms with van der Waals surface area (Å²) in [5, 5.41) is 12.6. The van der Waals surface area contributed by atoms with Gasteiger partial charge >= 0.3 is 0 Å². The molecule has 4 N–H and O–H groups in total. The fourth-order valence-electron chi connectivity index (χ4n) is 2.21. The molecule has 0 aromatic heterocycles. The third-order valence-corrected chi connectivity index (χ3v) is 3.44. The Morgan fingerprint density at radius 2 is 2.24 bits per heavy atom. The maximum atomic E-state index is 11.6. The highest BCUT2D eigenvalue weighted by atomic mass is 16.5. The molecular weight excluding hydrogens is 220 g/mol. The van der Waals surface area contributed by atoms with Crippen LogP contribution in [0.2, 0.25) is 0 Å². The van der Waals surface area contributed by atoms with E-state index in [4.69, 9.17) is 10.5 Å². The van der Waals surface area contributed by atoms with Gasteiger partial charge in [0.15, 0.2) is 0 Å². The Kier molecular flexibility index (Phi) is 6.47. The molecule has 1 amide bonds. The van der Waals surface area contributed by atoms with Gasteiger partial charge in [0.1, 0.15) is 0 Å². The molecule has 0 aromatic rings. The molecule has 0 heterocycles. The highest BCUT2D eigenvalue weighted by molar-refractivity contribution is 5.76. The number of aliphatic hydroxyl groups is 1. The lowest BCUT2D eigenvalue weighted by Gasteiger charge is -2.27. The van der Waals surface area contributed by atoms with Crippen molar-refractivity contribution in [3.8, 4) is 0 Å². The van der Waals surface area contributed by atoms with Crippen LogP contribution in [0.15, 0.2) is 0 Å². The second-order valence-corrected chi connectivity index (χ2v) is 4.71. The Hall–Kier alpha value is -0.650. The smallest absolute Gasteiger partial charge is 0.222 e. The van der Waals surface area contributed by atoms with Crippen LogP contribution in [0.3, 0.4) is 0 Å². The van der Waals surface area contributed by atoms with Crippen LogP contribution >= 0.6 is 0 Å². The van der Waals surface area contributed by atoms with Gasteiger partial charge in [-0.25, -0.2) is 0 Å². The molecule has 3 atom stereocenters. The van der Waals surface area contributed by atoms with Gasteiger partial charge in [-0.2, -0.15) is 0 Å². The van der Waals surface area contributed by atoms with E-state index in [0.717, 1.165) is 25.7 Å². The molecule has 1 aliphatic rings. The van der Waals surface area contributed by atoms with Crippen LogP contribution < -0.4 is 11.1 Å². The Balaban J connectivity index is 2.22. The van der Waals surface area contributed by atoms with E-state index in [2.05, 4.69) is 5.32 Å². The van der Waals surface area contributed by atoms with Crippen molar-refractivity contribution in [2.24, 2.45) is 11.7 Å². The summed E-state index contributed by atoms with van der Waals surface area (Å²) in [7, 11) is 1.55. The number of rotatable bonds is 6. The third-order valence-electron chi connectivity index (χ3n) is 3.44. The highest BCUT2D eigenvalue weighted by Gasteiger charge is 2.23. The van der Waals surface area contributed by atoms with Crippen molar-refractivity contribution < 1.29 is 14.6 Å². The average molecular weight is 244 g/mol. The number of methoxy groups -OCH3 is 1. The largest absolute Gasteiger partial charge is 0.393 e. The molecule has 100 valence electrons. The van der Waals surface area contributed by atoms with Crippen molar-refractivity contribution in [2.75, 3.05) is 20.2 Å². The molecule has 0 aromatic carbocycles. The van der Waals surface area contributed by atoms with Gasteiger partial charge in [0.2, 0.25) is 5.91 Å². The Labute approximate surface area is 103 Å². The summed E-state index contributed by atoms with van der Waals surface area (Å²) in [6, 6.07) is 0. The zero-order chi connectivity index (χ0) is 12.7. The SMILES string of the molecule is COC(CN)CC(=O)NCC1CCCCC1O. The van der Waals surface area contributed by atoms with Gasteiger partial charge < -0.3 is 20.9 Å². The number of hydrogen-bond donors (Lipinski definition) is 3. The van der Waals surface area contributed by atoms with Gasteiger partial charge in [-0.05, 0) is 12.8 Å². The van der Waals surface area contributed by atoms with Gasteiger partial charge in [-0.3, -0.25) is 4.79 Å². The van der Waals surface area contributed by atoms with Crippen LogP contribution in [0.1, 0.15) is 32.1 Å². The van der Waals surface area contributed by atoms with E-state index >= 15 is 0 Å². The topological polar surface area (TPSA) is 84.6 Å². The van der Waals surface area contributed by atoms with E-state index in [1.807, 2.05) is 0 Å². The summed E-state index contributed by atoms with van der Waals surface area (Å²) in [6.45, 7) is 0.900. The predicted octanol–water partition coefficient (Wildman–Crippen LogP) is 0.0175. The molecule has 0 radical (unpaired) electrons. The molecule has 0 aliphatic heterocycles. The molecule has 0 saturated heterocycles. The average Bonchev–Trinajstić information content (AvgIpc) is 2.35. The second-order valence-electron chi connectivity index (χ2n) is 4.71. The molecule has 3 unspecified atom stereocenters. The highest BCUT2D eigenvalue weighted by Crippen LogP contribution is 2.23. The second kappa shape index (κ2) is 7.63. The van der Waals surface area contributed by atoms with E-state index in [0.29, 0.717) is 13.1 Å². The number of hydrogen-bond acceptors (Lipinski definition) is 4. The first kappa shape index (κ1) is 14.4. The van der Waals surface area contributed by atoms with Crippen LogP contribution in [0.5, 0.6) is 0 Å². The molecular formula is C12H24N2O3. The number of nitrogens with two attached hydrogens (primary N) is 1. The van der Waals surface area contributed by atoms with Crippen LogP contribution in [-0.4, -0.2) is 43.4 Å². The van der Waals surface area contributed by atoms with E-state index < -0.39 is 0 Å². The summed E-state index contributed by atoms with van der Waals surface area (Å²) in [4.78, 5) is 11.6. The van der Waals surface area contributed by atoms with Gasteiger partial charge in [-0.15, -0.1) is 0 Å². The summed E-state index contributed by atoms with van der Waals surface area (Å²) in [6.07, 6.45) is 3.88. The quantitative estimate of drug-likeness (QED) is 0.615. The molecule has 1 rings (SSSR count). The summed E-state index contributed by atoms with van der Waals surface area (Å²) in [5.74, 6) is 0.145. The number of aliphatic hydroxyl groups excluding tert-OH is 1. The summed E-state index contributed by atoms with van der Waals surface area (Å²) >= 11 is 0. The van der Waals surface area contributed by atoms with Crippen LogP contribution in [-0.2, 0) is 9.53 Å². The van der Waals surface area contributed by atoms with E-state index in [1.165, 1.54) is 0 Å². The molecule has 5 nitrogen and oxygen atoms in total. The predicted molar refractivity (Wildman–Crippen MR) is 65.4 cm³/mol. The van der Waals surface area contributed by atoms with E-state index in [-0.39, 0.29) is 30.5 Å². The molecule has 1 fully saturated rings. The fraction of sp³-hybridized carbons (Fsp3) is 0.917. The molecule has 5 heteroatoms. The third kappa shape index (κ3) is 5.02. The lowest BCUT2D eigenvalue weighted by molar-refractivity contribution is -0.123. The van der Waals surface area contributed by atoms with Crippen molar-refractivity contribution in [1.29, 1.82) is 0 Å². The monoisotopic (exact) mass is 244 g/mol. The van der Waals surface area contributed by atoms with Crippen molar-refractivity contribution in [1.82, 2.24) is 5.32 Å². The molecule has 17 heavy (non-hydrogen) atoms. The van der Waals surface area contributed by atoms with Crippen LogP contribution in [0.25, 0.3) is 0 Å². The minimum Gasteiger partial charge on any atom is -0.393 e. The number of carbonyl (C=O) groups is 1. The molecule has 0 bridgehead atoms. The fourth-order valence-corrected chi connectivity index (χ4v) is 2.21. The first-order valence-corrected chi connectivity index (χ1v) is 6.35. The lowest BCUT2D eigenvalue weighted by atomic mass is 9.86. The van der Waals surface area contributed by atoms with Crippen LogP contribution in [0, 0.1) is 5.92 Å². The van der Waals surface area contributed by atoms with Gasteiger partial charge in [-0.1, -0.05) is 12.8 Å². The number of carbonyl (C=O) groups excluding carboxylic acids is 1. The van der Waals surface area contributed by atoms with E-state index in [1.54, 1.807) is 7.11 Å². The zero-order valence-corrected chi connectivity index (χ0v) is 10.5. The maximum absolute atomic E-state index is 11.6. The normalized spacial score (nSPS) is 26.5. The van der Waals surface area contributed by atoms with Crippen molar-refractivity contribution in [3.05, 3.63) is 0 Å². The molecule has 0 spiro atoms. The number of ether oxygens (including phenoxy) is 1. The van der Waals surface area contributed by atoms with Gasteiger partial charge in [0, 0.05) is 26.1 Å². The minimum absolute atomic E-state index is 0.0555. The first-order chi connectivity index (χ1) is 8.17. The van der Waals surface area contributed by atoms with Crippen molar-refractivity contribution in [2.45, 2.75) is 44.3 Å². The first-order valence-electron chi connectivity index (χ1n) is 6.35. The Bertz CT molecular complexity index is 232. The zero-order valence-electron chi connectivity index (χ0n) is 10.5. The van der Waals surface area contributed by atoms with Gasteiger partial charge in [0.25, 0.3) is 0 Å². The summed E-state index contributed by atoms with van der Waals surface area (Å²) < 4.78 is 5.05. The minimum atomic E-state index is -0.267. The van der Waals surface area contributed by atoms with Crippen LogP contribution in [0.4, 0.5) is 0 Å². The lowest BCUT2D eigenvalue weighted by Crippen LogP contribution is -2.38.